The molecule has 4 atom stereocenters. The highest BCUT2D eigenvalue weighted by molar-refractivity contribution is 5.93. The standard InChI is InChI=1S/C20H24O6/c1-10(2)5-17(21)25-15-7-11(3)6-14-8-13(20(23)24-14)9-16-18(15)12(4)19(22)26-16/h7-8,10,14-16,18H,4-6,9H2,1-3H3/b11-7+/t14-,15+,16-,18-/m0/s1. The van der Waals surface area contributed by atoms with Crippen molar-refractivity contribution in [2.24, 2.45) is 11.8 Å². The molecule has 0 radical (unpaired) electrons. The summed E-state index contributed by atoms with van der Waals surface area (Å²) >= 11 is 0. The summed E-state index contributed by atoms with van der Waals surface area (Å²) in [4.78, 5) is 36.4. The van der Waals surface area contributed by atoms with E-state index in [9.17, 15) is 14.4 Å². The number of esters is 3. The zero-order valence-corrected chi connectivity index (χ0v) is 15.3. The van der Waals surface area contributed by atoms with Crippen molar-refractivity contribution in [2.75, 3.05) is 0 Å². The van der Waals surface area contributed by atoms with Gasteiger partial charge in [0.2, 0.25) is 0 Å². The predicted octanol–water partition coefficient (Wildman–Crippen LogP) is 2.63. The molecular formula is C20H24O6. The van der Waals surface area contributed by atoms with Crippen molar-refractivity contribution >= 4 is 17.9 Å². The van der Waals surface area contributed by atoms with Gasteiger partial charge < -0.3 is 14.2 Å². The summed E-state index contributed by atoms with van der Waals surface area (Å²) in [5.41, 5.74) is 1.68. The van der Waals surface area contributed by atoms with Crippen LogP contribution in [0.5, 0.6) is 0 Å². The van der Waals surface area contributed by atoms with Gasteiger partial charge in [0.1, 0.15) is 18.3 Å². The van der Waals surface area contributed by atoms with Crippen molar-refractivity contribution in [3.8, 4) is 0 Å². The van der Waals surface area contributed by atoms with Gasteiger partial charge in [-0.25, -0.2) is 9.59 Å². The van der Waals surface area contributed by atoms with E-state index >= 15 is 0 Å². The Balaban J connectivity index is 1.93. The molecular weight excluding hydrogens is 336 g/mol. The summed E-state index contributed by atoms with van der Waals surface area (Å²) in [6.45, 7) is 9.60. The van der Waals surface area contributed by atoms with Gasteiger partial charge in [0.25, 0.3) is 0 Å². The molecule has 0 aromatic rings. The molecule has 3 aliphatic rings. The summed E-state index contributed by atoms with van der Waals surface area (Å²) in [6.07, 6.45) is 3.06. The average Bonchev–Trinajstić information content (AvgIpc) is 2.97. The number of hydrogen-bond acceptors (Lipinski definition) is 6. The Labute approximate surface area is 152 Å². The summed E-state index contributed by atoms with van der Waals surface area (Å²) in [6, 6.07) is 0. The number of carbonyl (C=O) groups excluding carboxylic acids is 3. The van der Waals surface area contributed by atoms with Crippen LogP contribution in [0.1, 0.15) is 40.0 Å². The second kappa shape index (κ2) is 7.09. The topological polar surface area (TPSA) is 78.9 Å². The summed E-state index contributed by atoms with van der Waals surface area (Å²) in [5, 5.41) is 0. The maximum Gasteiger partial charge on any atom is 0.334 e. The molecule has 140 valence electrons. The van der Waals surface area contributed by atoms with Crippen LogP contribution in [0, 0.1) is 11.8 Å². The van der Waals surface area contributed by atoms with Crippen molar-refractivity contribution in [1.82, 2.24) is 0 Å². The molecule has 0 N–H and O–H groups in total. The van der Waals surface area contributed by atoms with E-state index < -0.39 is 24.1 Å². The Morgan fingerprint density at radius 1 is 1.23 bits per heavy atom. The predicted molar refractivity (Wildman–Crippen MR) is 92.8 cm³/mol. The van der Waals surface area contributed by atoms with Crippen LogP contribution in [0.15, 0.2) is 35.5 Å². The molecule has 0 amide bonds. The first kappa shape index (κ1) is 18.4. The number of hydrogen-bond donors (Lipinski definition) is 0. The van der Waals surface area contributed by atoms with Crippen LogP contribution < -0.4 is 0 Å². The number of ether oxygens (including phenoxy) is 3. The van der Waals surface area contributed by atoms with Gasteiger partial charge in [0, 0.05) is 30.4 Å². The SMILES string of the molecule is C=C1C(=O)O[C@H]2CC3=C[C@H](C/C(C)=C/[C@@H](OC(=O)CC(C)C)[C@H]12)OC3=O. The lowest BCUT2D eigenvalue weighted by molar-refractivity contribution is -0.151. The third-order valence-electron chi connectivity index (χ3n) is 4.82. The molecule has 0 spiro atoms. The molecule has 1 aliphatic carbocycles. The quantitative estimate of drug-likeness (QED) is 0.333. The van der Waals surface area contributed by atoms with E-state index in [0.717, 1.165) is 5.57 Å². The Hall–Kier alpha value is -2.37. The normalized spacial score (nSPS) is 33.0. The molecule has 26 heavy (non-hydrogen) atoms. The number of carbonyl (C=O) groups is 3. The van der Waals surface area contributed by atoms with Gasteiger partial charge in [-0.15, -0.1) is 0 Å². The molecule has 0 aromatic carbocycles. The smallest absolute Gasteiger partial charge is 0.334 e. The van der Waals surface area contributed by atoms with Crippen molar-refractivity contribution in [3.05, 3.63) is 35.5 Å². The van der Waals surface area contributed by atoms with E-state index in [2.05, 4.69) is 6.58 Å². The fourth-order valence-electron chi connectivity index (χ4n) is 3.64. The molecule has 3 rings (SSSR count). The first-order chi connectivity index (χ1) is 12.2. The van der Waals surface area contributed by atoms with Gasteiger partial charge in [-0.1, -0.05) is 26.0 Å². The fraction of sp³-hybridized carbons (Fsp3) is 0.550. The van der Waals surface area contributed by atoms with Gasteiger partial charge in [-0.2, -0.15) is 0 Å². The monoisotopic (exact) mass is 360 g/mol. The van der Waals surface area contributed by atoms with Gasteiger partial charge in [0.15, 0.2) is 0 Å². The molecule has 6 nitrogen and oxygen atoms in total. The van der Waals surface area contributed by atoms with Crippen LogP contribution >= 0.6 is 0 Å². The van der Waals surface area contributed by atoms with Gasteiger partial charge in [0.05, 0.1) is 5.92 Å². The first-order valence-electron chi connectivity index (χ1n) is 8.92. The molecule has 1 saturated heterocycles. The highest BCUT2D eigenvalue weighted by Gasteiger charge is 2.46. The maximum absolute atomic E-state index is 12.3. The number of fused-ring (bicyclic) bond motifs is 2. The zero-order chi connectivity index (χ0) is 19.0. The van der Waals surface area contributed by atoms with E-state index in [1.807, 2.05) is 26.8 Å². The second-order valence-electron chi connectivity index (χ2n) is 7.60. The fourth-order valence-corrected chi connectivity index (χ4v) is 3.64. The van der Waals surface area contributed by atoms with Crippen LogP contribution in [0.2, 0.25) is 0 Å². The minimum Gasteiger partial charge on any atom is -0.458 e. The van der Waals surface area contributed by atoms with Gasteiger partial charge in [-0.3, -0.25) is 4.79 Å². The van der Waals surface area contributed by atoms with E-state index in [-0.39, 0.29) is 42.4 Å². The summed E-state index contributed by atoms with van der Waals surface area (Å²) in [7, 11) is 0. The van der Waals surface area contributed by atoms with Gasteiger partial charge in [-0.05, 0) is 25.0 Å². The molecule has 2 bridgehead atoms. The molecule has 0 aromatic heterocycles. The Bertz CT molecular complexity index is 714. The average molecular weight is 360 g/mol. The Morgan fingerprint density at radius 2 is 1.96 bits per heavy atom. The lowest BCUT2D eigenvalue weighted by Gasteiger charge is -2.26. The lowest BCUT2D eigenvalue weighted by atomic mass is 9.85. The van der Waals surface area contributed by atoms with Crippen molar-refractivity contribution < 1.29 is 28.6 Å². The van der Waals surface area contributed by atoms with Crippen LogP contribution in [-0.4, -0.2) is 36.2 Å². The summed E-state index contributed by atoms with van der Waals surface area (Å²) in [5.74, 6) is -1.57. The zero-order valence-electron chi connectivity index (χ0n) is 15.3. The van der Waals surface area contributed by atoms with E-state index in [4.69, 9.17) is 14.2 Å². The van der Waals surface area contributed by atoms with Crippen LogP contribution in [0.4, 0.5) is 0 Å². The third kappa shape index (κ3) is 3.74. The maximum atomic E-state index is 12.3. The molecule has 0 unspecified atom stereocenters. The number of rotatable bonds is 3. The molecule has 6 heteroatoms. The minimum atomic E-state index is -0.654. The van der Waals surface area contributed by atoms with Crippen molar-refractivity contribution in [2.45, 2.75) is 58.3 Å². The molecule has 2 aliphatic heterocycles. The van der Waals surface area contributed by atoms with Crippen LogP contribution in [0.25, 0.3) is 0 Å². The van der Waals surface area contributed by atoms with E-state index in [1.54, 1.807) is 6.08 Å². The molecule has 0 saturated carbocycles. The largest absolute Gasteiger partial charge is 0.458 e. The lowest BCUT2D eigenvalue weighted by Crippen LogP contribution is -2.33. The third-order valence-corrected chi connectivity index (χ3v) is 4.82. The van der Waals surface area contributed by atoms with Crippen LogP contribution in [-0.2, 0) is 28.6 Å². The van der Waals surface area contributed by atoms with E-state index in [0.29, 0.717) is 12.0 Å². The summed E-state index contributed by atoms with van der Waals surface area (Å²) < 4.78 is 16.5. The van der Waals surface area contributed by atoms with Crippen molar-refractivity contribution in [3.63, 3.8) is 0 Å². The molecule has 1 fully saturated rings. The second-order valence-corrected chi connectivity index (χ2v) is 7.60. The van der Waals surface area contributed by atoms with E-state index in [1.165, 1.54) is 0 Å². The molecule has 2 heterocycles. The van der Waals surface area contributed by atoms with Crippen molar-refractivity contribution in [1.29, 1.82) is 0 Å². The Morgan fingerprint density at radius 3 is 2.65 bits per heavy atom. The highest BCUT2D eigenvalue weighted by Crippen LogP contribution is 2.38. The van der Waals surface area contributed by atoms with Crippen LogP contribution in [0.3, 0.4) is 0 Å². The highest BCUT2D eigenvalue weighted by atomic mass is 16.6. The first-order valence-corrected chi connectivity index (χ1v) is 8.92. The van der Waals surface area contributed by atoms with Gasteiger partial charge >= 0.3 is 17.9 Å². The minimum absolute atomic E-state index is 0.166. The Kier molecular flexibility index (Phi) is 5.03.